The topological polar surface area (TPSA) is 68.0 Å². The van der Waals surface area contributed by atoms with Crippen molar-refractivity contribution in [2.24, 2.45) is 5.73 Å². The number of anilines is 1. The van der Waals surface area contributed by atoms with E-state index in [1.165, 1.54) is 17.4 Å². The zero-order chi connectivity index (χ0) is 14.5. The third-order valence-corrected chi connectivity index (χ3v) is 3.59. The lowest BCUT2D eigenvalue weighted by Gasteiger charge is -2.04. The molecule has 0 aliphatic heterocycles. The molecule has 0 spiro atoms. The SMILES string of the molecule is NCC#Cc1cnc(NC(=O)c2ccc(Cl)cc2Cl)s1. The molecule has 2 aromatic rings. The smallest absolute Gasteiger partial charge is 0.258 e. The second-order valence-corrected chi connectivity index (χ2v) is 5.49. The van der Waals surface area contributed by atoms with Crippen LogP contribution in [-0.4, -0.2) is 17.4 Å². The fourth-order valence-corrected chi connectivity index (χ4v) is 2.55. The van der Waals surface area contributed by atoms with Gasteiger partial charge in [0.25, 0.3) is 5.91 Å². The first-order valence-corrected chi connectivity index (χ1v) is 7.08. The van der Waals surface area contributed by atoms with Gasteiger partial charge in [-0.3, -0.25) is 10.1 Å². The summed E-state index contributed by atoms with van der Waals surface area (Å²) in [5.41, 5.74) is 5.62. The van der Waals surface area contributed by atoms with Gasteiger partial charge in [0.15, 0.2) is 5.13 Å². The highest BCUT2D eigenvalue weighted by Gasteiger charge is 2.12. The summed E-state index contributed by atoms with van der Waals surface area (Å²) in [5, 5.41) is 3.86. The summed E-state index contributed by atoms with van der Waals surface area (Å²) in [6, 6.07) is 4.67. The monoisotopic (exact) mass is 325 g/mol. The average Bonchev–Trinajstić information content (AvgIpc) is 2.83. The number of nitrogens with one attached hydrogen (secondary N) is 1. The first-order valence-electron chi connectivity index (χ1n) is 5.51. The summed E-state index contributed by atoms with van der Waals surface area (Å²) in [7, 11) is 0. The molecular formula is C13H9Cl2N3OS. The minimum Gasteiger partial charge on any atom is -0.320 e. The van der Waals surface area contributed by atoms with Crippen molar-refractivity contribution in [3.05, 3.63) is 44.9 Å². The van der Waals surface area contributed by atoms with Crippen molar-refractivity contribution in [1.29, 1.82) is 0 Å². The largest absolute Gasteiger partial charge is 0.320 e. The molecule has 3 N–H and O–H groups in total. The predicted molar refractivity (Wildman–Crippen MR) is 82.5 cm³/mol. The van der Waals surface area contributed by atoms with Crippen LogP contribution >= 0.6 is 34.5 Å². The zero-order valence-electron chi connectivity index (χ0n) is 10.1. The van der Waals surface area contributed by atoms with Crippen molar-refractivity contribution in [2.45, 2.75) is 0 Å². The van der Waals surface area contributed by atoms with Crippen LogP contribution in [0.4, 0.5) is 5.13 Å². The number of nitrogens with two attached hydrogens (primary N) is 1. The van der Waals surface area contributed by atoms with Crippen LogP contribution in [0, 0.1) is 11.8 Å². The molecule has 0 radical (unpaired) electrons. The van der Waals surface area contributed by atoms with Crippen molar-refractivity contribution in [2.75, 3.05) is 11.9 Å². The Morgan fingerprint density at radius 3 is 2.95 bits per heavy atom. The van der Waals surface area contributed by atoms with E-state index in [9.17, 15) is 4.79 Å². The van der Waals surface area contributed by atoms with Gasteiger partial charge in [0.1, 0.15) is 0 Å². The maximum Gasteiger partial charge on any atom is 0.258 e. The molecule has 0 unspecified atom stereocenters. The Morgan fingerprint density at radius 2 is 2.25 bits per heavy atom. The van der Waals surface area contributed by atoms with Crippen LogP contribution in [0.3, 0.4) is 0 Å². The fraction of sp³-hybridized carbons (Fsp3) is 0.0769. The van der Waals surface area contributed by atoms with Crippen LogP contribution in [-0.2, 0) is 0 Å². The Labute approximate surface area is 129 Å². The van der Waals surface area contributed by atoms with E-state index in [-0.39, 0.29) is 17.5 Å². The summed E-state index contributed by atoms with van der Waals surface area (Å²) >= 11 is 13.0. The van der Waals surface area contributed by atoms with E-state index < -0.39 is 0 Å². The molecule has 102 valence electrons. The zero-order valence-corrected chi connectivity index (χ0v) is 12.4. The van der Waals surface area contributed by atoms with Gasteiger partial charge in [-0.2, -0.15) is 0 Å². The molecule has 1 heterocycles. The second-order valence-electron chi connectivity index (χ2n) is 3.61. The molecule has 0 atom stereocenters. The molecule has 0 saturated heterocycles. The van der Waals surface area contributed by atoms with Crippen LogP contribution in [0.2, 0.25) is 10.0 Å². The Bertz CT molecular complexity index is 703. The normalized spacial score (nSPS) is 9.75. The third-order valence-electron chi connectivity index (χ3n) is 2.22. The van der Waals surface area contributed by atoms with Crippen LogP contribution in [0.1, 0.15) is 15.2 Å². The lowest BCUT2D eigenvalue weighted by molar-refractivity contribution is 0.102. The quantitative estimate of drug-likeness (QED) is 0.834. The number of hydrogen-bond acceptors (Lipinski definition) is 4. The standard InChI is InChI=1S/C13H9Cl2N3OS/c14-8-3-4-10(11(15)6-8)12(19)18-13-17-7-9(20-13)2-1-5-16/h3-4,6-7H,5,16H2,(H,17,18,19). The molecule has 1 aromatic carbocycles. The Hall–Kier alpha value is -1.58. The van der Waals surface area contributed by atoms with Crippen LogP contribution in [0.25, 0.3) is 0 Å². The van der Waals surface area contributed by atoms with Gasteiger partial charge in [0.05, 0.1) is 28.2 Å². The van der Waals surface area contributed by atoms with Crippen molar-refractivity contribution in [1.82, 2.24) is 4.98 Å². The highest BCUT2D eigenvalue weighted by Crippen LogP contribution is 2.23. The maximum absolute atomic E-state index is 12.0. The van der Waals surface area contributed by atoms with E-state index in [1.54, 1.807) is 18.3 Å². The minimum atomic E-state index is -0.348. The van der Waals surface area contributed by atoms with Gasteiger partial charge in [-0.05, 0) is 18.2 Å². The molecule has 0 aliphatic carbocycles. The lowest BCUT2D eigenvalue weighted by Crippen LogP contribution is -2.12. The number of amides is 1. The number of rotatable bonds is 2. The van der Waals surface area contributed by atoms with E-state index in [0.29, 0.717) is 15.7 Å². The summed E-state index contributed by atoms with van der Waals surface area (Å²) < 4.78 is 0. The van der Waals surface area contributed by atoms with Crippen LogP contribution < -0.4 is 11.1 Å². The molecule has 20 heavy (non-hydrogen) atoms. The average molecular weight is 326 g/mol. The number of halogens is 2. The summed E-state index contributed by atoms with van der Waals surface area (Å²) in [6.45, 7) is 0.278. The van der Waals surface area contributed by atoms with Crippen LogP contribution in [0.5, 0.6) is 0 Å². The van der Waals surface area contributed by atoms with Crippen molar-refractivity contribution >= 4 is 45.6 Å². The lowest BCUT2D eigenvalue weighted by atomic mass is 10.2. The van der Waals surface area contributed by atoms with Gasteiger partial charge < -0.3 is 5.73 Å². The van der Waals surface area contributed by atoms with E-state index in [2.05, 4.69) is 22.1 Å². The van der Waals surface area contributed by atoms with Crippen molar-refractivity contribution < 1.29 is 4.79 Å². The van der Waals surface area contributed by atoms with Crippen LogP contribution in [0.15, 0.2) is 24.4 Å². The van der Waals surface area contributed by atoms with Gasteiger partial charge in [0, 0.05) is 5.02 Å². The number of benzene rings is 1. The molecule has 0 saturated carbocycles. The number of hydrogen-bond donors (Lipinski definition) is 2. The third kappa shape index (κ3) is 3.71. The second kappa shape index (κ2) is 6.73. The minimum absolute atomic E-state index is 0.278. The molecule has 0 fully saturated rings. The Morgan fingerprint density at radius 1 is 1.45 bits per heavy atom. The molecule has 0 aliphatic rings. The highest BCUT2D eigenvalue weighted by molar-refractivity contribution is 7.16. The summed E-state index contributed by atoms with van der Waals surface area (Å²) in [4.78, 5) is 16.8. The highest BCUT2D eigenvalue weighted by atomic mass is 35.5. The summed E-state index contributed by atoms with van der Waals surface area (Å²) in [6.07, 6.45) is 1.58. The van der Waals surface area contributed by atoms with Gasteiger partial charge in [0.2, 0.25) is 0 Å². The Balaban J connectivity index is 2.13. The first kappa shape index (κ1) is 14.8. The summed E-state index contributed by atoms with van der Waals surface area (Å²) in [5.74, 6) is 5.21. The molecule has 4 nitrogen and oxygen atoms in total. The maximum atomic E-state index is 12.0. The number of carbonyl (C=O) groups is 1. The molecular weight excluding hydrogens is 317 g/mol. The molecule has 1 amide bonds. The van der Waals surface area contributed by atoms with Gasteiger partial charge in [-0.1, -0.05) is 46.4 Å². The number of carbonyl (C=O) groups excluding carboxylic acids is 1. The van der Waals surface area contributed by atoms with Crippen molar-refractivity contribution in [3.63, 3.8) is 0 Å². The first-order chi connectivity index (χ1) is 9.60. The molecule has 7 heteroatoms. The molecule has 0 bridgehead atoms. The van der Waals surface area contributed by atoms with Gasteiger partial charge in [-0.15, -0.1) is 0 Å². The van der Waals surface area contributed by atoms with Gasteiger partial charge >= 0.3 is 0 Å². The number of nitrogens with zero attached hydrogens (tertiary/aromatic N) is 1. The van der Waals surface area contributed by atoms with E-state index >= 15 is 0 Å². The van der Waals surface area contributed by atoms with E-state index in [4.69, 9.17) is 28.9 Å². The van der Waals surface area contributed by atoms with E-state index in [0.717, 1.165) is 4.88 Å². The molecule has 1 aromatic heterocycles. The molecule has 2 rings (SSSR count). The van der Waals surface area contributed by atoms with E-state index in [1.807, 2.05) is 0 Å². The van der Waals surface area contributed by atoms with Gasteiger partial charge in [-0.25, -0.2) is 4.98 Å². The number of thiazole rings is 1. The Kier molecular flexibility index (Phi) is 4.99. The number of aromatic nitrogens is 1. The van der Waals surface area contributed by atoms with Crippen molar-refractivity contribution in [3.8, 4) is 11.8 Å². The fourth-order valence-electron chi connectivity index (χ4n) is 1.37. The predicted octanol–water partition coefficient (Wildman–Crippen LogP) is 3.01.